The minimum absolute atomic E-state index is 0.0483. The standard InChI is InChI=1S/C20H39N3O9.C16H34.C2H4O/c1-3-27-10-11-29-8-5-22-19(25)17-32-15-13-30-9-6-23-20(26)16-31-14-12-28-7-4-21-18(2)24;1-3-5-7-9-11-13-15-16-14-12-10-8-6-4-2;1-2-3/h3-17H2,1-2H3,(H,21,24)(H,22,25)(H,23,26);3-16H2,1-2H3;2H,1H3. The molecule has 0 unspecified atom stereocenters. The van der Waals surface area contributed by atoms with Gasteiger partial charge in [-0.05, 0) is 13.8 Å². The summed E-state index contributed by atoms with van der Waals surface area (Å²) in [4.78, 5) is 42.6. The first-order chi connectivity index (χ1) is 24.9. The fraction of sp³-hybridized carbons (Fsp3) is 0.895. The molecule has 0 heterocycles. The maximum absolute atomic E-state index is 11.6. The maximum atomic E-state index is 11.6. The molecular formula is C38H77N3O10. The van der Waals surface area contributed by atoms with Crippen LogP contribution in [0.3, 0.4) is 0 Å². The number of nitrogens with one attached hydrogen (secondary N) is 3. The van der Waals surface area contributed by atoms with Gasteiger partial charge in [-0.15, -0.1) is 0 Å². The molecule has 0 radical (unpaired) electrons. The predicted molar refractivity (Wildman–Crippen MR) is 203 cm³/mol. The molecule has 3 amide bonds. The van der Waals surface area contributed by atoms with E-state index in [-0.39, 0.29) is 44.1 Å². The predicted octanol–water partition coefficient (Wildman–Crippen LogP) is 5.17. The number of hydrogen-bond acceptors (Lipinski definition) is 10. The van der Waals surface area contributed by atoms with Crippen molar-refractivity contribution < 1.29 is 47.6 Å². The minimum Gasteiger partial charge on any atom is -0.379 e. The molecule has 0 aromatic rings. The quantitative estimate of drug-likeness (QED) is 0.0579. The number of hydrogen-bond donors (Lipinski definition) is 3. The van der Waals surface area contributed by atoms with Crippen molar-refractivity contribution in [3.63, 3.8) is 0 Å². The van der Waals surface area contributed by atoms with Gasteiger partial charge in [-0.1, -0.05) is 104 Å². The molecule has 0 aliphatic heterocycles. The van der Waals surface area contributed by atoms with Gasteiger partial charge in [0.25, 0.3) is 0 Å². The molecule has 51 heavy (non-hydrogen) atoms. The van der Waals surface area contributed by atoms with Crippen LogP contribution < -0.4 is 16.0 Å². The molecule has 0 atom stereocenters. The Bertz CT molecular complexity index is 718. The topological polar surface area (TPSA) is 160 Å². The first-order valence-corrected chi connectivity index (χ1v) is 19.5. The second-order valence-electron chi connectivity index (χ2n) is 11.8. The zero-order valence-electron chi connectivity index (χ0n) is 33.2. The van der Waals surface area contributed by atoms with Gasteiger partial charge in [0.15, 0.2) is 0 Å². The molecule has 0 aromatic heterocycles. The lowest BCUT2D eigenvalue weighted by Crippen LogP contribution is -2.32. The number of amides is 3. The number of unbranched alkanes of at least 4 members (excludes halogenated alkanes) is 13. The van der Waals surface area contributed by atoms with Gasteiger partial charge in [-0.2, -0.15) is 0 Å². The fourth-order valence-electron chi connectivity index (χ4n) is 4.33. The van der Waals surface area contributed by atoms with Crippen molar-refractivity contribution in [2.24, 2.45) is 0 Å². The van der Waals surface area contributed by atoms with Crippen molar-refractivity contribution in [3.05, 3.63) is 0 Å². The Morgan fingerprint density at radius 1 is 0.451 bits per heavy atom. The van der Waals surface area contributed by atoms with Crippen molar-refractivity contribution >= 4 is 24.0 Å². The lowest BCUT2D eigenvalue weighted by Gasteiger charge is -2.09. The molecule has 0 bridgehead atoms. The van der Waals surface area contributed by atoms with Crippen LogP contribution >= 0.6 is 0 Å². The molecule has 13 nitrogen and oxygen atoms in total. The van der Waals surface area contributed by atoms with Gasteiger partial charge in [0.05, 0.1) is 59.5 Å². The average molecular weight is 736 g/mol. The van der Waals surface area contributed by atoms with E-state index in [9.17, 15) is 14.4 Å². The Kier molecular flexibility index (Phi) is 52.1. The molecule has 3 N–H and O–H groups in total. The van der Waals surface area contributed by atoms with E-state index in [0.717, 1.165) is 6.29 Å². The van der Waals surface area contributed by atoms with Crippen LogP contribution in [0.4, 0.5) is 0 Å². The monoisotopic (exact) mass is 736 g/mol. The minimum atomic E-state index is -0.248. The van der Waals surface area contributed by atoms with Crippen LogP contribution in [0.2, 0.25) is 0 Å². The highest BCUT2D eigenvalue weighted by molar-refractivity contribution is 5.77. The van der Waals surface area contributed by atoms with Crippen LogP contribution in [0.15, 0.2) is 0 Å². The molecule has 0 aliphatic carbocycles. The second kappa shape index (κ2) is 50.0. The van der Waals surface area contributed by atoms with Crippen LogP contribution in [-0.2, 0) is 47.6 Å². The van der Waals surface area contributed by atoms with Crippen molar-refractivity contribution in [1.82, 2.24) is 16.0 Å². The fourth-order valence-corrected chi connectivity index (χ4v) is 4.33. The van der Waals surface area contributed by atoms with Crippen molar-refractivity contribution in [2.75, 3.05) is 98.9 Å². The van der Waals surface area contributed by atoms with Gasteiger partial charge < -0.3 is 49.2 Å². The van der Waals surface area contributed by atoms with Gasteiger partial charge in [0.1, 0.15) is 19.5 Å². The summed E-state index contributed by atoms with van der Waals surface area (Å²) in [6, 6.07) is 0. The SMILES string of the molecule is CC=O.CCCCCCCCCCCCCCCC.CCOCCOCCNC(=O)COCCOCCNC(=O)COCCOCCNC(C)=O. The summed E-state index contributed by atoms with van der Waals surface area (Å²) >= 11 is 0. The first-order valence-electron chi connectivity index (χ1n) is 19.5. The zero-order valence-corrected chi connectivity index (χ0v) is 33.2. The largest absolute Gasteiger partial charge is 0.379 e. The van der Waals surface area contributed by atoms with E-state index in [1.165, 1.54) is 104 Å². The molecular weight excluding hydrogens is 658 g/mol. The summed E-state index contributed by atoms with van der Waals surface area (Å²) in [6.07, 6.45) is 21.2. The smallest absolute Gasteiger partial charge is 0.246 e. The summed E-state index contributed by atoms with van der Waals surface area (Å²) < 4.78 is 31.3. The lowest BCUT2D eigenvalue weighted by molar-refractivity contribution is -0.127. The van der Waals surface area contributed by atoms with Gasteiger partial charge in [-0.25, -0.2) is 0 Å². The molecule has 13 heteroatoms. The van der Waals surface area contributed by atoms with E-state index in [4.69, 9.17) is 33.2 Å². The van der Waals surface area contributed by atoms with E-state index in [2.05, 4.69) is 29.8 Å². The molecule has 0 saturated carbocycles. The number of rotatable bonds is 36. The molecule has 0 saturated heterocycles. The summed E-state index contributed by atoms with van der Waals surface area (Å²) in [5, 5.41) is 7.95. The Balaban J connectivity index is -0.00000101. The zero-order chi connectivity index (χ0) is 38.3. The van der Waals surface area contributed by atoms with Gasteiger partial charge in [-0.3, -0.25) is 14.4 Å². The van der Waals surface area contributed by atoms with E-state index in [1.807, 2.05) is 6.92 Å². The Hall–Kier alpha value is -2.16. The highest BCUT2D eigenvalue weighted by Gasteiger charge is 2.03. The molecule has 0 fully saturated rings. The molecule has 0 aliphatic rings. The number of ether oxygens (including phenoxy) is 6. The van der Waals surface area contributed by atoms with E-state index in [1.54, 1.807) is 0 Å². The number of carbonyl (C=O) groups is 4. The Morgan fingerprint density at radius 2 is 0.745 bits per heavy atom. The molecule has 304 valence electrons. The summed E-state index contributed by atoms with van der Waals surface area (Å²) in [6.45, 7) is 14.5. The normalized spacial score (nSPS) is 10.4. The van der Waals surface area contributed by atoms with E-state index in [0.29, 0.717) is 72.5 Å². The Morgan fingerprint density at radius 3 is 1.06 bits per heavy atom. The third kappa shape index (κ3) is 57.4. The van der Waals surface area contributed by atoms with Gasteiger partial charge >= 0.3 is 0 Å². The van der Waals surface area contributed by atoms with Crippen LogP contribution in [0.25, 0.3) is 0 Å². The van der Waals surface area contributed by atoms with Crippen molar-refractivity contribution in [3.8, 4) is 0 Å². The third-order valence-electron chi connectivity index (χ3n) is 7.00. The van der Waals surface area contributed by atoms with Crippen LogP contribution in [0, 0.1) is 0 Å². The maximum Gasteiger partial charge on any atom is 0.246 e. The van der Waals surface area contributed by atoms with E-state index < -0.39 is 0 Å². The highest BCUT2D eigenvalue weighted by Crippen LogP contribution is 2.12. The van der Waals surface area contributed by atoms with Gasteiger partial charge in [0, 0.05) is 33.2 Å². The van der Waals surface area contributed by atoms with Crippen LogP contribution in [-0.4, -0.2) is 123 Å². The Labute approximate surface area is 310 Å². The number of aldehydes is 1. The van der Waals surface area contributed by atoms with Crippen LogP contribution in [0.5, 0.6) is 0 Å². The van der Waals surface area contributed by atoms with E-state index >= 15 is 0 Å². The molecule has 0 spiro atoms. The summed E-state index contributed by atoms with van der Waals surface area (Å²) in [7, 11) is 0. The first kappa shape index (κ1) is 53.2. The van der Waals surface area contributed by atoms with Crippen molar-refractivity contribution in [1.29, 1.82) is 0 Å². The summed E-state index contributed by atoms with van der Waals surface area (Å²) in [5.74, 6) is -0.572. The number of carbonyl (C=O) groups excluding carboxylic acids is 4. The second-order valence-corrected chi connectivity index (χ2v) is 11.8. The molecule has 0 aromatic carbocycles. The average Bonchev–Trinajstić information content (AvgIpc) is 3.11. The van der Waals surface area contributed by atoms with Crippen LogP contribution in [0.1, 0.15) is 125 Å². The third-order valence-corrected chi connectivity index (χ3v) is 7.00. The van der Waals surface area contributed by atoms with Crippen molar-refractivity contribution in [2.45, 2.75) is 125 Å². The van der Waals surface area contributed by atoms with Gasteiger partial charge in [0.2, 0.25) is 17.7 Å². The summed E-state index contributed by atoms with van der Waals surface area (Å²) in [5.41, 5.74) is 0. The highest BCUT2D eigenvalue weighted by atomic mass is 16.5. The molecule has 0 rings (SSSR count). The lowest BCUT2D eigenvalue weighted by atomic mass is 10.0.